The van der Waals surface area contributed by atoms with Crippen LogP contribution in [0.5, 0.6) is 17.2 Å². The number of aliphatic hydroxyl groups excluding tert-OH is 4. The summed E-state index contributed by atoms with van der Waals surface area (Å²) < 4.78 is 21.9. The molecule has 0 spiro atoms. The van der Waals surface area contributed by atoms with E-state index in [4.69, 9.17) is 18.9 Å². The van der Waals surface area contributed by atoms with Crippen LogP contribution in [0.2, 0.25) is 0 Å². The van der Waals surface area contributed by atoms with E-state index in [1.807, 2.05) is 24.3 Å². The fourth-order valence-electron chi connectivity index (χ4n) is 3.26. The summed E-state index contributed by atoms with van der Waals surface area (Å²) in [7, 11) is 3.14. The Hall–Kier alpha value is -2.36. The van der Waals surface area contributed by atoms with Gasteiger partial charge in [-0.15, -0.1) is 0 Å². The van der Waals surface area contributed by atoms with E-state index >= 15 is 0 Å². The second kappa shape index (κ2) is 9.43. The number of aliphatic hydroxyl groups is 4. The zero-order chi connectivity index (χ0) is 21.0. The van der Waals surface area contributed by atoms with Crippen LogP contribution < -0.4 is 14.2 Å². The Morgan fingerprint density at radius 3 is 2.17 bits per heavy atom. The van der Waals surface area contributed by atoms with E-state index in [2.05, 4.69) is 0 Å². The maximum Gasteiger partial charge on any atom is 0.229 e. The lowest BCUT2D eigenvalue weighted by atomic mass is 9.99. The quantitative estimate of drug-likeness (QED) is 0.524. The predicted molar refractivity (Wildman–Crippen MR) is 103 cm³/mol. The molecule has 1 heterocycles. The largest absolute Gasteiger partial charge is 0.497 e. The van der Waals surface area contributed by atoms with Crippen LogP contribution in [0.1, 0.15) is 11.1 Å². The number of hydrogen-bond donors (Lipinski definition) is 4. The minimum atomic E-state index is -1.51. The SMILES string of the molecule is COc1ccc(Cc2c(OC)cccc2O[C@@H]2O[C@H](CO)[C@@H](O)[C@H](O)[C@H]2O)cc1. The van der Waals surface area contributed by atoms with Gasteiger partial charge in [0.25, 0.3) is 0 Å². The molecule has 0 aromatic heterocycles. The second-order valence-electron chi connectivity index (χ2n) is 6.78. The maximum atomic E-state index is 10.3. The van der Waals surface area contributed by atoms with Crippen LogP contribution in [0, 0.1) is 0 Å². The summed E-state index contributed by atoms with van der Waals surface area (Å²) in [4.78, 5) is 0. The summed E-state index contributed by atoms with van der Waals surface area (Å²) in [5.41, 5.74) is 1.70. The van der Waals surface area contributed by atoms with Gasteiger partial charge in [-0.2, -0.15) is 0 Å². The number of rotatable bonds is 7. The fourth-order valence-corrected chi connectivity index (χ4v) is 3.26. The third-order valence-electron chi connectivity index (χ3n) is 4.94. The summed E-state index contributed by atoms with van der Waals surface area (Å²) >= 11 is 0. The summed E-state index contributed by atoms with van der Waals surface area (Å²) in [6, 6.07) is 12.8. The zero-order valence-corrected chi connectivity index (χ0v) is 16.3. The van der Waals surface area contributed by atoms with Gasteiger partial charge in [-0.1, -0.05) is 18.2 Å². The molecule has 0 unspecified atom stereocenters. The van der Waals surface area contributed by atoms with Gasteiger partial charge in [0.2, 0.25) is 6.29 Å². The van der Waals surface area contributed by atoms with E-state index in [1.165, 1.54) is 0 Å². The van der Waals surface area contributed by atoms with E-state index in [-0.39, 0.29) is 0 Å². The lowest BCUT2D eigenvalue weighted by Gasteiger charge is -2.39. The van der Waals surface area contributed by atoms with Crippen LogP contribution >= 0.6 is 0 Å². The van der Waals surface area contributed by atoms with Gasteiger partial charge in [0.05, 0.1) is 20.8 Å². The number of methoxy groups -OCH3 is 2. The Labute approximate surface area is 168 Å². The Bertz CT molecular complexity index is 792. The van der Waals surface area contributed by atoms with Crippen LogP contribution in [0.15, 0.2) is 42.5 Å². The lowest BCUT2D eigenvalue weighted by Crippen LogP contribution is -2.60. The van der Waals surface area contributed by atoms with Gasteiger partial charge < -0.3 is 39.4 Å². The monoisotopic (exact) mass is 406 g/mol. The minimum Gasteiger partial charge on any atom is -0.497 e. The number of ether oxygens (including phenoxy) is 4. The van der Waals surface area contributed by atoms with Crippen LogP contribution in [0.3, 0.4) is 0 Å². The molecule has 2 aromatic rings. The van der Waals surface area contributed by atoms with Crippen molar-refractivity contribution >= 4 is 0 Å². The Kier molecular flexibility index (Phi) is 6.94. The molecule has 5 atom stereocenters. The van der Waals surface area contributed by atoms with Crippen molar-refractivity contribution in [2.45, 2.75) is 37.1 Å². The van der Waals surface area contributed by atoms with E-state index in [0.29, 0.717) is 17.9 Å². The molecule has 3 rings (SSSR count). The molecule has 2 aromatic carbocycles. The van der Waals surface area contributed by atoms with Crippen molar-refractivity contribution in [3.63, 3.8) is 0 Å². The minimum absolute atomic E-state index is 0.393. The Morgan fingerprint density at radius 2 is 1.55 bits per heavy atom. The predicted octanol–water partition coefficient (Wildman–Crippen LogP) is 0.473. The molecule has 0 amide bonds. The van der Waals surface area contributed by atoms with Gasteiger partial charge in [-0.25, -0.2) is 0 Å². The molecular weight excluding hydrogens is 380 g/mol. The highest BCUT2D eigenvalue weighted by Crippen LogP contribution is 2.33. The van der Waals surface area contributed by atoms with Gasteiger partial charge in [0.1, 0.15) is 41.7 Å². The van der Waals surface area contributed by atoms with Gasteiger partial charge in [0.15, 0.2) is 0 Å². The number of hydrogen-bond acceptors (Lipinski definition) is 8. The first kappa shape index (κ1) is 21.4. The van der Waals surface area contributed by atoms with Crippen molar-refractivity contribution < 1.29 is 39.4 Å². The topological polar surface area (TPSA) is 118 Å². The average Bonchev–Trinajstić information content (AvgIpc) is 2.75. The number of benzene rings is 2. The van der Waals surface area contributed by atoms with Crippen molar-refractivity contribution in [3.8, 4) is 17.2 Å². The summed E-state index contributed by atoms with van der Waals surface area (Å²) in [5.74, 6) is 1.72. The van der Waals surface area contributed by atoms with Crippen molar-refractivity contribution in [1.82, 2.24) is 0 Å². The molecule has 0 bridgehead atoms. The highest BCUT2D eigenvalue weighted by atomic mass is 16.7. The van der Waals surface area contributed by atoms with Gasteiger partial charge in [0, 0.05) is 12.0 Å². The third-order valence-corrected chi connectivity index (χ3v) is 4.94. The normalized spacial score (nSPS) is 26.8. The van der Waals surface area contributed by atoms with Gasteiger partial charge in [-0.3, -0.25) is 0 Å². The molecule has 0 aliphatic carbocycles. The molecule has 29 heavy (non-hydrogen) atoms. The fraction of sp³-hybridized carbons (Fsp3) is 0.429. The second-order valence-corrected chi connectivity index (χ2v) is 6.78. The smallest absolute Gasteiger partial charge is 0.229 e. The van der Waals surface area contributed by atoms with Crippen LogP contribution in [0.25, 0.3) is 0 Å². The molecule has 8 nitrogen and oxygen atoms in total. The highest BCUT2D eigenvalue weighted by Gasteiger charge is 2.44. The van der Waals surface area contributed by atoms with E-state index in [9.17, 15) is 20.4 Å². The first-order valence-electron chi connectivity index (χ1n) is 9.24. The lowest BCUT2D eigenvalue weighted by molar-refractivity contribution is -0.277. The van der Waals surface area contributed by atoms with Crippen molar-refractivity contribution in [2.75, 3.05) is 20.8 Å². The summed E-state index contributed by atoms with van der Waals surface area (Å²) in [6.45, 7) is -0.526. The maximum absolute atomic E-state index is 10.3. The molecule has 1 saturated heterocycles. The molecular formula is C21H26O8. The molecule has 1 aliphatic heterocycles. The Morgan fingerprint density at radius 1 is 0.862 bits per heavy atom. The van der Waals surface area contributed by atoms with E-state index in [0.717, 1.165) is 16.9 Å². The highest BCUT2D eigenvalue weighted by molar-refractivity contribution is 5.48. The van der Waals surface area contributed by atoms with Crippen molar-refractivity contribution in [3.05, 3.63) is 53.6 Å². The molecule has 158 valence electrons. The third kappa shape index (κ3) is 4.63. The molecule has 0 radical (unpaired) electrons. The molecule has 1 aliphatic rings. The first-order valence-corrected chi connectivity index (χ1v) is 9.24. The van der Waals surface area contributed by atoms with E-state index in [1.54, 1.807) is 32.4 Å². The molecule has 0 saturated carbocycles. The van der Waals surface area contributed by atoms with Crippen molar-refractivity contribution in [1.29, 1.82) is 0 Å². The van der Waals surface area contributed by atoms with Gasteiger partial charge in [-0.05, 0) is 29.8 Å². The molecule has 4 N–H and O–H groups in total. The molecule has 8 heteroatoms. The zero-order valence-electron chi connectivity index (χ0n) is 16.3. The van der Waals surface area contributed by atoms with Crippen molar-refractivity contribution in [2.24, 2.45) is 0 Å². The Balaban J connectivity index is 1.87. The van der Waals surface area contributed by atoms with Crippen LogP contribution in [-0.2, 0) is 11.2 Å². The van der Waals surface area contributed by atoms with Crippen LogP contribution in [-0.4, -0.2) is 72.0 Å². The average molecular weight is 406 g/mol. The summed E-state index contributed by atoms with van der Waals surface area (Å²) in [6.07, 6.45) is -6.30. The summed E-state index contributed by atoms with van der Waals surface area (Å²) in [5, 5.41) is 39.5. The molecule has 1 fully saturated rings. The van der Waals surface area contributed by atoms with Gasteiger partial charge >= 0.3 is 0 Å². The standard InChI is InChI=1S/C21H26O8/c1-26-13-8-6-12(7-9-13)10-14-15(27-2)4-3-5-16(14)28-21-20(25)19(24)18(23)17(11-22)29-21/h3-9,17-25H,10-11H2,1-2H3/t17-,18-,19+,20-,21-/m1/s1. The first-order chi connectivity index (χ1) is 14.0. The van der Waals surface area contributed by atoms with Crippen LogP contribution in [0.4, 0.5) is 0 Å². The van der Waals surface area contributed by atoms with E-state index < -0.39 is 37.3 Å².